The minimum absolute atomic E-state index is 0.0509. The molecule has 1 aliphatic rings. The molecule has 0 saturated heterocycles. The third-order valence-electron chi connectivity index (χ3n) is 3.22. The number of carbonyl (C=O) groups excluding carboxylic acids is 1. The molecule has 1 amide bonds. The molecular formula is C14H19FN2O3S. The maximum atomic E-state index is 12.9. The van der Waals surface area contributed by atoms with E-state index in [0.29, 0.717) is 18.2 Å². The summed E-state index contributed by atoms with van der Waals surface area (Å²) in [6.07, 6.45) is 3.85. The van der Waals surface area contributed by atoms with Crippen molar-refractivity contribution in [2.45, 2.75) is 31.7 Å². The Labute approximate surface area is 124 Å². The lowest BCUT2D eigenvalue weighted by atomic mass is 10.2. The van der Waals surface area contributed by atoms with Crippen LogP contribution in [0.3, 0.4) is 0 Å². The van der Waals surface area contributed by atoms with Crippen molar-refractivity contribution < 1.29 is 17.6 Å². The minimum atomic E-state index is -3.46. The third-order valence-corrected chi connectivity index (χ3v) is 4.42. The highest BCUT2D eigenvalue weighted by Crippen LogP contribution is 2.20. The molecule has 1 aliphatic carbocycles. The average molecular weight is 314 g/mol. The summed E-state index contributed by atoms with van der Waals surface area (Å²) in [7, 11) is -3.46. The molecule has 0 atom stereocenters. The lowest BCUT2D eigenvalue weighted by molar-refractivity contribution is -0.121. The standard InChI is InChI=1S/C14H19FN2O3S/c1-21(19,20)17(13-8-4-11(15)5-9-13)10-2-3-14(18)16-12-6-7-12/h4-5,8-9,12H,2-3,6-7,10H2,1H3,(H,16,18). The number of anilines is 1. The van der Waals surface area contributed by atoms with E-state index in [1.165, 1.54) is 28.6 Å². The first-order chi connectivity index (χ1) is 9.86. The molecule has 0 spiro atoms. The molecule has 116 valence electrons. The number of benzene rings is 1. The van der Waals surface area contributed by atoms with E-state index in [1.54, 1.807) is 0 Å². The number of amides is 1. The highest BCUT2D eigenvalue weighted by Gasteiger charge is 2.23. The van der Waals surface area contributed by atoms with Crippen LogP contribution in [0, 0.1) is 5.82 Å². The second kappa shape index (κ2) is 6.43. The van der Waals surface area contributed by atoms with Gasteiger partial charge in [0.1, 0.15) is 5.82 Å². The normalized spacial score (nSPS) is 14.8. The summed E-state index contributed by atoms with van der Waals surface area (Å²) < 4.78 is 37.7. The highest BCUT2D eigenvalue weighted by molar-refractivity contribution is 7.92. The van der Waals surface area contributed by atoms with Gasteiger partial charge in [0.25, 0.3) is 0 Å². The number of sulfonamides is 1. The van der Waals surface area contributed by atoms with Gasteiger partial charge in [-0.25, -0.2) is 12.8 Å². The first kappa shape index (κ1) is 15.8. The van der Waals surface area contributed by atoms with Gasteiger partial charge in [-0.05, 0) is 43.5 Å². The molecule has 7 heteroatoms. The first-order valence-electron chi connectivity index (χ1n) is 6.89. The van der Waals surface area contributed by atoms with Crippen molar-refractivity contribution in [3.05, 3.63) is 30.1 Å². The molecule has 1 aromatic rings. The number of nitrogens with zero attached hydrogens (tertiary/aromatic N) is 1. The van der Waals surface area contributed by atoms with E-state index in [-0.39, 0.29) is 18.9 Å². The Bertz CT molecular complexity index is 597. The Kier molecular flexibility index (Phi) is 4.82. The molecule has 0 aliphatic heterocycles. The fourth-order valence-electron chi connectivity index (χ4n) is 2.00. The Hall–Kier alpha value is -1.63. The van der Waals surface area contributed by atoms with E-state index in [9.17, 15) is 17.6 Å². The van der Waals surface area contributed by atoms with Crippen LogP contribution in [-0.4, -0.2) is 33.2 Å². The van der Waals surface area contributed by atoms with Crippen LogP contribution in [0.4, 0.5) is 10.1 Å². The van der Waals surface area contributed by atoms with Crippen LogP contribution in [0.5, 0.6) is 0 Å². The van der Waals surface area contributed by atoms with Gasteiger partial charge in [-0.15, -0.1) is 0 Å². The molecule has 1 fully saturated rings. The van der Waals surface area contributed by atoms with E-state index in [0.717, 1.165) is 19.1 Å². The van der Waals surface area contributed by atoms with Crippen LogP contribution in [0.1, 0.15) is 25.7 Å². The van der Waals surface area contributed by atoms with Crippen molar-refractivity contribution in [2.24, 2.45) is 0 Å². The second-order valence-corrected chi connectivity index (χ2v) is 7.16. The Morgan fingerprint density at radius 2 is 1.95 bits per heavy atom. The van der Waals surface area contributed by atoms with Gasteiger partial charge >= 0.3 is 0 Å². The fraction of sp³-hybridized carbons (Fsp3) is 0.500. The SMILES string of the molecule is CS(=O)(=O)N(CCCC(=O)NC1CC1)c1ccc(F)cc1. The van der Waals surface area contributed by atoms with Gasteiger partial charge in [0, 0.05) is 19.0 Å². The Morgan fingerprint density at radius 1 is 1.33 bits per heavy atom. The maximum Gasteiger partial charge on any atom is 0.232 e. The molecule has 0 aromatic heterocycles. The Balaban J connectivity index is 1.93. The summed E-state index contributed by atoms with van der Waals surface area (Å²) in [5, 5.41) is 2.86. The van der Waals surface area contributed by atoms with Gasteiger partial charge in [-0.1, -0.05) is 0 Å². The molecule has 1 aromatic carbocycles. The molecule has 21 heavy (non-hydrogen) atoms. The van der Waals surface area contributed by atoms with Gasteiger partial charge in [0.2, 0.25) is 15.9 Å². The summed E-state index contributed by atoms with van der Waals surface area (Å²) in [5.74, 6) is -0.471. The van der Waals surface area contributed by atoms with Crippen molar-refractivity contribution in [1.82, 2.24) is 5.32 Å². The topological polar surface area (TPSA) is 66.5 Å². The largest absolute Gasteiger partial charge is 0.353 e. The zero-order valence-corrected chi connectivity index (χ0v) is 12.7. The number of rotatable bonds is 7. The van der Waals surface area contributed by atoms with E-state index >= 15 is 0 Å². The zero-order chi connectivity index (χ0) is 15.5. The monoisotopic (exact) mass is 314 g/mol. The Morgan fingerprint density at radius 3 is 2.48 bits per heavy atom. The lowest BCUT2D eigenvalue weighted by Crippen LogP contribution is -2.32. The predicted octanol–water partition coefficient (Wildman–Crippen LogP) is 1.65. The van der Waals surface area contributed by atoms with Gasteiger partial charge in [0.05, 0.1) is 11.9 Å². The van der Waals surface area contributed by atoms with Crippen molar-refractivity contribution in [3.8, 4) is 0 Å². The number of carbonyl (C=O) groups is 1. The molecule has 2 rings (SSSR count). The van der Waals surface area contributed by atoms with Crippen molar-refractivity contribution in [2.75, 3.05) is 17.1 Å². The summed E-state index contributed by atoms with van der Waals surface area (Å²) >= 11 is 0. The van der Waals surface area contributed by atoms with Crippen LogP contribution in [0.25, 0.3) is 0 Å². The van der Waals surface area contributed by atoms with Crippen molar-refractivity contribution in [3.63, 3.8) is 0 Å². The quantitative estimate of drug-likeness (QED) is 0.832. The van der Waals surface area contributed by atoms with Crippen molar-refractivity contribution >= 4 is 21.6 Å². The summed E-state index contributed by atoms with van der Waals surface area (Å²) in [5.41, 5.74) is 0.404. The maximum absolute atomic E-state index is 12.9. The molecule has 0 unspecified atom stereocenters. The smallest absolute Gasteiger partial charge is 0.232 e. The molecular weight excluding hydrogens is 295 g/mol. The first-order valence-corrected chi connectivity index (χ1v) is 8.74. The van der Waals surface area contributed by atoms with E-state index in [1.807, 2.05) is 0 Å². The zero-order valence-electron chi connectivity index (χ0n) is 11.9. The summed E-state index contributed by atoms with van der Waals surface area (Å²) in [6, 6.07) is 5.57. The van der Waals surface area contributed by atoms with Crippen LogP contribution in [0.15, 0.2) is 24.3 Å². The lowest BCUT2D eigenvalue weighted by Gasteiger charge is -2.22. The highest BCUT2D eigenvalue weighted by atomic mass is 32.2. The van der Waals surface area contributed by atoms with Crippen LogP contribution in [-0.2, 0) is 14.8 Å². The van der Waals surface area contributed by atoms with E-state index in [2.05, 4.69) is 5.32 Å². The summed E-state index contributed by atoms with van der Waals surface area (Å²) in [4.78, 5) is 11.6. The second-order valence-electron chi connectivity index (χ2n) is 5.26. The predicted molar refractivity (Wildman–Crippen MR) is 79.0 cm³/mol. The third kappa shape index (κ3) is 5.00. The van der Waals surface area contributed by atoms with Crippen LogP contribution < -0.4 is 9.62 Å². The van der Waals surface area contributed by atoms with Crippen LogP contribution >= 0.6 is 0 Å². The average Bonchev–Trinajstić information content (AvgIpc) is 3.18. The molecule has 0 bridgehead atoms. The van der Waals surface area contributed by atoms with Crippen molar-refractivity contribution in [1.29, 1.82) is 0 Å². The molecule has 0 heterocycles. The number of nitrogens with one attached hydrogen (secondary N) is 1. The van der Waals surface area contributed by atoms with Gasteiger partial charge in [0.15, 0.2) is 0 Å². The number of hydrogen-bond acceptors (Lipinski definition) is 3. The van der Waals surface area contributed by atoms with Gasteiger partial charge < -0.3 is 5.32 Å². The fourth-order valence-corrected chi connectivity index (χ4v) is 2.97. The molecule has 0 radical (unpaired) electrons. The van der Waals surface area contributed by atoms with Gasteiger partial charge in [-0.3, -0.25) is 9.10 Å². The van der Waals surface area contributed by atoms with Crippen LogP contribution in [0.2, 0.25) is 0 Å². The van der Waals surface area contributed by atoms with Gasteiger partial charge in [-0.2, -0.15) is 0 Å². The molecule has 1 N–H and O–H groups in total. The number of halogens is 1. The molecule has 5 nitrogen and oxygen atoms in total. The summed E-state index contributed by atoms with van der Waals surface area (Å²) in [6.45, 7) is 0.197. The van der Waals surface area contributed by atoms with E-state index in [4.69, 9.17) is 0 Å². The minimum Gasteiger partial charge on any atom is -0.353 e. The number of hydrogen-bond donors (Lipinski definition) is 1. The molecule has 1 saturated carbocycles. The van der Waals surface area contributed by atoms with E-state index < -0.39 is 15.8 Å².